The van der Waals surface area contributed by atoms with Crippen LogP contribution in [0.3, 0.4) is 0 Å². The quantitative estimate of drug-likeness (QED) is 0.753. The molecule has 1 aromatic rings. The van der Waals surface area contributed by atoms with E-state index in [4.69, 9.17) is 16.3 Å². The summed E-state index contributed by atoms with van der Waals surface area (Å²) in [6.45, 7) is 2.11. The fraction of sp³-hybridized carbons (Fsp3) is 0.400. The SMILES string of the molecule is COc1cccc(Cl)c1C(C)CBr. The van der Waals surface area contributed by atoms with Gasteiger partial charge in [0.05, 0.1) is 7.11 Å². The van der Waals surface area contributed by atoms with E-state index >= 15 is 0 Å². The molecule has 0 bridgehead atoms. The van der Waals surface area contributed by atoms with Crippen LogP contribution in [0.15, 0.2) is 18.2 Å². The molecule has 1 nitrogen and oxygen atoms in total. The molecule has 0 saturated carbocycles. The van der Waals surface area contributed by atoms with E-state index in [2.05, 4.69) is 22.9 Å². The summed E-state index contributed by atoms with van der Waals surface area (Å²) in [5, 5.41) is 1.65. The normalized spacial score (nSPS) is 12.6. The van der Waals surface area contributed by atoms with Crippen LogP contribution in [0.1, 0.15) is 18.4 Å². The third-order valence-corrected chi connectivity index (χ3v) is 3.26. The van der Waals surface area contributed by atoms with Crippen molar-refractivity contribution < 1.29 is 4.74 Å². The van der Waals surface area contributed by atoms with Crippen molar-refractivity contribution in [3.63, 3.8) is 0 Å². The standard InChI is InChI=1S/C10H12BrClO/c1-7(6-11)10-8(12)4-3-5-9(10)13-2/h3-5,7H,6H2,1-2H3. The van der Waals surface area contributed by atoms with Gasteiger partial charge in [-0.2, -0.15) is 0 Å². The molecule has 72 valence electrons. The average Bonchev–Trinajstić information content (AvgIpc) is 2.16. The van der Waals surface area contributed by atoms with Crippen molar-refractivity contribution in [1.82, 2.24) is 0 Å². The zero-order valence-electron chi connectivity index (χ0n) is 7.68. The summed E-state index contributed by atoms with van der Waals surface area (Å²) in [4.78, 5) is 0. The molecule has 0 N–H and O–H groups in total. The first-order valence-corrected chi connectivity index (χ1v) is 5.59. The number of methoxy groups -OCH3 is 1. The molecule has 0 radical (unpaired) electrons. The summed E-state index contributed by atoms with van der Waals surface area (Å²) in [6, 6.07) is 5.71. The second-order valence-electron chi connectivity index (χ2n) is 2.91. The predicted molar refractivity (Wildman–Crippen MR) is 60.2 cm³/mol. The van der Waals surface area contributed by atoms with Crippen LogP contribution in [-0.2, 0) is 0 Å². The van der Waals surface area contributed by atoms with Gasteiger partial charge in [0.25, 0.3) is 0 Å². The highest BCUT2D eigenvalue weighted by molar-refractivity contribution is 9.09. The van der Waals surface area contributed by atoms with Gasteiger partial charge >= 0.3 is 0 Å². The Balaban J connectivity index is 3.14. The fourth-order valence-corrected chi connectivity index (χ4v) is 1.93. The van der Waals surface area contributed by atoms with Crippen LogP contribution < -0.4 is 4.74 Å². The molecule has 0 saturated heterocycles. The number of benzene rings is 1. The lowest BCUT2D eigenvalue weighted by Gasteiger charge is -2.14. The van der Waals surface area contributed by atoms with Crippen molar-refractivity contribution in [1.29, 1.82) is 0 Å². The second-order valence-corrected chi connectivity index (χ2v) is 3.97. The number of ether oxygens (including phenoxy) is 1. The molecule has 1 atom stereocenters. The van der Waals surface area contributed by atoms with Gasteiger partial charge < -0.3 is 4.74 Å². The van der Waals surface area contributed by atoms with Gasteiger partial charge in [-0.25, -0.2) is 0 Å². The van der Waals surface area contributed by atoms with Crippen LogP contribution in [0.5, 0.6) is 5.75 Å². The van der Waals surface area contributed by atoms with Gasteiger partial charge in [0.15, 0.2) is 0 Å². The summed E-state index contributed by atoms with van der Waals surface area (Å²) in [6.07, 6.45) is 0. The Labute approximate surface area is 92.2 Å². The van der Waals surface area contributed by atoms with Crippen LogP contribution in [0, 0.1) is 0 Å². The van der Waals surface area contributed by atoms with Crippen LogP contribution in [-0.4, -0.2) is 12.4 Å². The number of rotatable bonds is 3. The van der Waals surface area contributed by atoms with E-state index in [9.17, 15) is 0 Å². The minimum Gasteiger partial charge on any atom is -0.496 e. The monoisotopic (exact) mass is 262 g/mol. The molecular formula is C10H12BrClO. The Kier molecular flexibility index (Phi) is 4.07. The summed E-state index contributed by atoms with van der Waals surface area (Å²) in [7, 11) is 1.66. The number of halogens is 2. The molecule has 0 aliphatic carbocycles. The first-order valence-electron chi connectivity index (χ1n) is 4.09. The molecule has 0 aliphatic heterocycles. The second kappa shape index (κ2) is 4.87. The van der Waals surface area contributed by atoms with Crippen molar-refractivity contribution in [2.75, 3.05) is 12.4 Å². The lowest BCUT2D eigenvalue weighted by molar-refractivity contribution is 0.408. The van der Waals surface area contributed by atoms with E-state index in [0.29, 0.717) is 5.92 Å². The Morgan fingerprint density at radius 1 is 1.54 bits per heavy atom. The number of hydrogen-bond acceptors (Lipinski definition) is 1. The third kappa shape index (κ3) is 2.38. The lowest BCUT2D eigenvalue weighted by atomic mass is 10.0. The molecule has 0 spiro atoms. The van der Waals surface area contributed by atoms with E-state index in [1.807, 2.05) is 18.2 Å². The van der Waals surface area contributed by atoms with Crippen LogP contribution >= 0.6 is 27.5 Å². The average molecular weight is 264 g/mol. The van der Waals surface area contributed by atoms with E-state index < -0.39 is 0 Å². The van der Waals surface area contributed by atoms with Crippen molar-refractivity contribution in [2.45, 2.75) is 12.8 Å². The van der Waals surface area contributed by atoms with E-state index in [1.54, 1.807) is 7.11 Å². The molecule has 3 heteroatoms. The van der Waals surface area contributed by atoms with Gasteiger partial charge in [0.2, 0.25) is 0 Å². The first kappa shape index (κ1) is 10.9. The number of hydrogen-bond donors (Lipinski definition) is 0. The predicted octanol–water partition coefficient (Wildman–Crippen LogP) is 3.85. The van der Waals surface area contributed by atoms with E-state index in [0.717, 1.165) is 21.7 Å². The Hall–Kier alpha value is -0.210. The summed E-state index contributed by atoms with van der Waals surface area (Å²) >= 11 is 9.52. The topological polar surface area (TPSA) is 9.23 Å². The molecule has 0 aliphatic rings. The maximum Gasteiger partial charge on any atom is 0.123 e. The van der Waals surface area contributed by atoms with Crippen LogP contribution in [0.4, 0.5) is 0 Å². The Bertz CT molecular complexity index is 288. The molecule has 0 fully saturated rings. The highest BCUT2D eigenvalue weighted by Crippen LogP contribution is 2.33. The molecule has 1 rings (SSSR count). The minimum atomic E-state index is 0.364. The van der Waals surface area contributed by atoms with Gasteiger partial charge in [-0.3, -0.25) is 0 Å². The van der Waals surface area contributed by atoms with Crippen molar-refractivity contribution >= 4 is 27.5 Å². The molecular weight excluding hydrogens is 251 g/mol. The Morgan fingerprint density at radius 3 is 2.77 bits per heavy atom. The van der Waals surface area contributed by atoms with Gasteiger partial charge in [-0.1, -0.05) is 40.5 Å². The molecule has 0 amide bonds. The highest BCUT2D eigenvalue weighted by atomic mass is 79.9. The van der Waals surface area contributed by atoms with Gasteiger partial charge in [0.1, 0.15) is 5.75 Å². The van der Waals surface area contributed by atoms with Gasteiger partial charge in [-0.15, -0.1) is 0 Å². The summed E-state index contributed by atoms with van der Waals surface area (Å²) < 4.78 is 5.24. The maximum absolute atomic E-state index is 6.08. The largest absolute Gasteiger partial charge is 0.496 e. The summed E-state index contributed by atoms with van der Waals surface area (Å²) in [5.41, 5.74) is 1.07. The molecule has 0 heterocycles. The molecule has 1 unspecified atom stereocenters. The third-order valence-electron chi connectivity index (χ3n) is 1.96. The first-order chi connectivity index (χ1) is 6.20. The van der Waals surface area contributed by atoms with Crippen molar-refractivity contribution in [3.05, 3.63) is 28.8 Å². The van der Waals surface area contributed by atoms with Crippen molar-refractivity contribution in [3.8, 4) is 5.75 Å². The van der Waals surface area contributed by atoms with Crippen LogP contribution in [0.2, 0.25) is 5.02 Å². The zero-order chi connectivity index (χ0) is 9.84. The van der Waals surface area contributed by atoms with Gasteiger partial charge in [-0.05, 0) is 18.1 Å². The smallest absolute Gasteiger partial charge is 0.123 e. The molecule has 1 aromatic carbocycles. The van der Waals surface area contributed by atoms with E-state index in [-0.39, 0.29) is 0 Å². The van der Waals surface area contributed by atoms with E-state index in [1.165, 1.54) is 0 Å². The molecule has 13 heavy (non-hydrogen) atoms. The highest BCUT2D eigenvalue weighted by Gasteiger charge is 2.13. The lowest BCUT2D eigenvalue weighted by Crippen LogP contribution is -1.99. The number of alkyl halides is 1. The summed E-state index contributed by atoms with van der Waals surface area (Å²) in [5.74, 6) is 1.23. The zero-order valence-corrected chi connectivity index (χ0v) is 10.0. The minimum absolute atomic E-state index is 0.364. The fourth-order valence-electron chi connectivity index (χ4n) is 1.25. The van der Waals surface area contributed by atoms with Gasteiger partial charge in [0, 0.05) is 15.9 Å². The maximum atomic E-state index is 6.08. The van der Waals surface area contributed by atoms with Crippen LogP contribution in [0.25, 0.3) is 0 Å². The van der Waals surface area contributed by atoms with Crippen molar-refractivity contribution in [2.24, 2.45) is 0 Å². The molecule has 0 aromatic heterocycles. The Morgan fingerprint density at radius 2 is 2.23 bits per heavy atom.